The second-order valence-electron chi connectivity index (χ2n) is 5.99. The predicted octanol–water partition coefficient (Wildman–Crippen LogP) is 2.12. The zero-order valence-corrected chi connectivity index (χ0v) is 12.9. The first-order valence-corrected chi connectivity index (χ1v) is 8.11. The molecule has 0 radical (unpaired) electrons. The minimum absolute atomic E-state index is 0.108. The minimum atomic E-state index is -0.237. The van der Waals surface area contributed by atoms with Gasteiger partial charge in [-0.15, -0.1) is 0 Å². The molecular weight excluding hydrogens is 280 g/mol. The van der Waals surface area contributed by atoms with Crippen molar-refractivity contribution in [2.75, 3.05) is 39.3 Å². The van der Waals surface area contributed by atoms with Crippen LogP contribution >= 0.6 is 0 Å². The highest BCUT2D eigenvalue weighted by atomic mass is 16.6. The molecule has 0 bridgehead atoms. The molecule has 2 saturated heterocycles. The Morgan fingerprint density at radius 3 is 2.73 bits per heavy atom. The zero-order chi connectivity index (χ0) is 15.2. The van der Waals surface area contributed by atoms with Gasteiger partial charge in [-0.25, -0.2) is 4.79 Å². The topological polar surface area (TPSA) is 42.0 Å². The van der Waals surface area contributed by atoms with Gasteiger partial charge < -0.3 is 19.3 Å². The number of likely N-dealkylation sites (tertiary alicyclic amines) is 1. The summed E-state index contributed by atoms with van der Waals surface area (Å²) < 4.78 is 11.2. The average molecular weight is 304 g/mol. The predicted molar refractivity (Wildman–Crippen MR) is 83.6 cm³/mol. The van der Waals surface area contributed by atoms with E-state index >= 15 is 0 Å². The molecule has 1 amide bonds. The Labute approximate surface area is 131 Å². The molecule has 2 fully saturated rings. The summed E-state index contributed by atoms with van der Waals surface area (Å²) in [5.41, 5.74) is 1.01. The third-order valence-corrected chi connectivity index (χ3v) is 4.26. The molecule has 0 aromatic heterocycles. The normalized spacial score (nSPS) is 22.7. The van der Waals surface area contributed by atoms with Crippen molar-refractivity contribution in [2.45, 2.75) is 25.6 Å². The number of benzene rings is 1. The van der Waals surface area contributed by atoms with Gasteiger partial charge in [0.25, 0.3) is 0 Å². The van der Waals surface area contributed by atoms with Crippen molar-refractivity contribution in [3.8, 4) is 0 Å². The first kappa shape index (κ1) is 15.3. The van der Waals surface area contributed by atoms with Gasteiger partial charge in [0.05, 0.1) is 19.3 Å². The van der Waals surface area contributed by atoms with Gasteiger partial charge in [-0.3, -0.25) is 0 Å². The Hall–Kier alpha value is -1.59. The van der Waals surface area contributed by atoms with Gasteiger partial charge in [-0.2, -0.15) is 0 Å². The summed E-state index contributed by atoms with van der Waals surface area (Å²) in [7, 11) is 0. The summed E-state index contributed by atoms with van der Waals surface area (Å²) >= 11 is 0. The van der Waals surface area contributed by atoms with E-state index in [0.717, 1.165) is 25.2 Å². The van der Waals surface area contributed by atoms with Crippen LogP contribution in [-0.4, -0.2) is 61.3 Å². The number of carbonyl (C=O) groups excluding carboxylic acids is 1. The van der Waals surface area contributed by atoms with E-state index in [1.165, 1.54) is 12.8 Å². The van der Waals surface area contributed by atoms with E-state index in [0.29, 0.717) is 26.3 Å². The van der Waals surface area contributed by atoms with Crippen molar-refractivity contribution < 1.29 is 14.3 Å². The lowest BCUT2D eigenvalue weighted by atomic mass is 10.2. The van der Waals surface area contributed by atoms with Crippen molar-refractivity contribution in [3.05, 3.63) is 35.9 Å². The molecule has 0 saturated carbocycles. The summed E-state index contributed by atoms with van der Waals surface area (Å²) in [6.07, 6.45) is 2.42. The van der Waals surface area contributed by atoms with E-state index in [4.69, 9.17) is 9.47 Å². The molecule has 2 heterocycles. The van der Waals surface area contributed by atoms with Crippen LogP contribution in [0.3, 0.4) is 0 Å². The molecule has 2 aliphatic heterocycles. The summed E-state index contributed by atoms with van der Waals surface area (Å²) in [6.45, 7) is 5.39. The highest BCUT2D eigenvalue weighted by molar-refractivity contribution is 5.67. The smallest absolute Gasteiger partial charge is 0.410 e. The van der Waals surface area contributed by atoms with E-state index < -0.39 is 0 Å². The third-order valence-electron chi connectivity index (χ3n) is 4.26. The molecule has 0 aliphatic carbocycles. The van der Waals surface area contributed by atoms with Crippen molar-refractivity contribution in [1.29, 1.82) is 0 Å². The summed E-state index contributed by atoms with van der Waals surface area (Å²) in [5.74, 6) is 0. The molecule has 5 heteroatoms. The maximum absolute atomic E-state index is 12.2. The Bertz CT molecular complexity index is 474. The number of morpholine rings is 1. The summed E-state index contributed by atoms with van der Waals surface area (Å²) in [5, 5.41) is 0. The number of hydrogen-bond donors (Lipinski definition) is 0. The number of rotatable bonds is 4. The Balaban J connectivity index is 1.45. The fourth-order valence-corrected chi connectivity index (χ4v) is 3.06. The van der Waals surface area contributed by atoms with Crippen molar-refractivity contribution in [1.82, 2.24) is 9.80 Å². The molecule has 2 aliphatic rings. The molecule has 120 valence electrons. The first-order valence-electron chi connectivity index (χ1n) is 8.11. The molecule has 5 nitrogen and oxygen atoms in total. The number of ether oxygens (including phenoxy) is 2. The minimum Gasteiger partial charge on any atom is -0.445 e. The zero-order valence-electron chi connectivity index (χ0n) is 12.9. The Kier molecular flexibility index (Phi) is 5.29. The van der Waals surface area contributed by atoms with E-state index in [9.17, 15) is 4.79 Å². The third kappa shape index (κ3) is 4.21. The molecule has 0 spiro atoms. The molecule has 1 atom stereocenters. The largest absolute Gasteiger partial charge is 0.445 e. The lowest BCUT2D eigenvalue weighted by Gasteiger charge is -2.34. The van der Waals surface area contributed by atoms with Gasteiger partial charge in [-0.1, -0.05) is 30.3 Å². The van der Waals surface area contributed by atoms with Gasteiger partial charge >= 0.3 is 6.09 Å². The van der Waals surface area contributed by atoms with Crippen LogP contribution < -0.4 is 0 Å². The SMILES string of the molecule is O=C(OCc1ccccc1)N1CCO[C@H](CN2CCCC2)C1. The monoisotopic (exact) mass is 304 g/mol. The number of carbonyl (C=O) groups is 1. The van der Waals surface area contributed by atoms with E-state index in [-0.39, 0.29) is 12.2 Å². The lowest BCUT2D eigenvalue weighted by Crippen LogP contribution is -2.49. The second-order valence-corrected chi connectivity index (χ2v) is 5.99. The van der Waals surface area contributed by atoms with Gasteiger partial charge in [0.1, 0.15) is 6.61 Å². The summed E-state index contributed by atoms with van der Waals surface area (Å²) in [6, 6.07) is 9.77. The van der Waals surface area contributed by atoms with Gasteiger partial charge in [0.15, 0.2) is 0 Å². The maximum Gasteiger partial charge on any atom is 0.410 e. The quantitative estimate of drug-likeness (QED) is 0.854. The maximum atomic E-state index is 12.2. The van der Waals surface area contributed by atoms with Crippen molar-refractivity contribution in [2.24, 2.45) is 0 Å². The molecule has 3 rings (SSSR count). The highest BCUT2D eigenvalue weighted by Gasteiger charge is 2.27. The lowest BCUT2D eigenvalue weighted by molar-refractivity contribution is -0.0394. The van der Waals surface area contributed by atoms with Crippen LogP contribution in [0.1, 0.15) is 18.4 Å². The van der Waals surface area contributed by atoms with Crippen LogP contribution in [0.25, 0.3) is 0 Å². The molecule has 1 aromatic carbocycles. The van der Waals surface area contributed by atoms with Crippen LogP contribution in [0.5, 0.6) is 0 Å². The van der Waals surface area contributed by atoms with Crippen molar-refractivity contribution >= 4 is 6.09 Å². The first-order chi connectivity index (χ1) is 10.8. The molecule has 22 heavy (non-hydrogen) atoms. The summed E-state index contributed by atoms with van der Waals surface area (Å²) in [4.78, 5) is 16.4. The van der Waals surface area contributed by atoms with Crippen LogP contribution in [0.4, 0.5) is 4.79 Å². The standard InChI is InChI=1S/C17H24N2O3/c20-17(22-14-15-6-2-1-3-7-15)19-10-11-21-16(13-19)12-18-8-4-5-9-18/h1-3,6-7,16H,4-5,8-14H2/t16-/m1/s1. The van der Waals surface area contributed by atoms with Gasteiger partial charge in [-0.05, 0) is 31.5 Å². The van der Waals surface area contributed by atoms with E-state index in [2.05, 4.69) is 4.90 Å². The van der Waals surface area contributed by atoms with Crippen LogP contribution in [0.15, 0.2) is 30.3 Å². The second kappa shape index (κ2) is 7.61. The number of amides is 1. The fourth-order valence-electron chi connectivity index (χ4n) is 3.06. The Morgan fingerprint density at radius 2 is 1.95 bits per heavy atom. The molecule has 0 unspecified atom stereocenters. The van der Waals surface area contributed by atoms with Crippen LogP contribution in [-0.2, 0) is 16.1 Å². The average Bonchev–Trinajstić information content (AvgIpc) is 3.07. The van der Waals surface area contributed by atoms with E-state index in [1.807, 2.05) is 30.3 Å². The molecule has 1 aromatic rings. The van der Waals surface area contributed by atoms with E-state index in [1.54, 1.807) is 4.90 Å². The fraction of sp³-hybridized carbons (Fsp3) is 0.588. The van der Waals surface area contributed by atoms with Crippen LogP contribution in [0, 0.1) is 0 Å². The van der Waals surface area contributed by atoms with Gasteiger partial charge in [0.2, 0.25) is 0 Å². The molecular formula is C17H24N2O3. The van der Waals surface area contributed by atoms with Gasteiger partial charge in [0, 0.05) is 13.1 Å². The number of hydrogen-bond acceptors (Lipinski definition) is 4. The highest BCUT2D eigenvalue weighted by Crippen LogP contribution is 2.13. The molecule has 0 N–H and O–H groups in total. The van der Waals surface area contributed by atoms with Crippen LogP contribution in [0.2, 0.25) is 0 Å². The Morgan fingerprint density at radius 1 is 1.18 bits per heavy atom. The van der Waals surface area contributed by atoms with Crippen molar-refractivity contribution in [3.63, 3.8) is 0 Å². The number of nitrogens with zero attached hydrogens (tertiary/aromatic N) is 2.